The van der Waals surface area contributed by atoms with Gasteiger partial charge in [-0.05, 0) is 43.4 Å². The number of ketones is 1. The van der Waals surface area contributed by atoms with E-state index in [0.717, 1.165) is 30.6 Å². The fraction of sp³-hybridized carbons (Fsp3) is 0.929. The minimum absolute atomic E-state index is 0.504. The summed E-state index contributed by atoms with van der Waals surface area (Å²) in [6.45, 7) is 2.33. The smallest absolute Gasteiger partial charge is 0.132 e. The third-order valence-corrected chi connectivity index (χ3v) is 4.56. The molecule has 2 fully saturated rings. The molecule has 0 aromatic heterocycles. The van der Waals surface area contributed by atoms with Crippen LogP contribution in [0.2, 0.25) is 0 Å². The van der Waals surface area contributed by atoms with E-state index in [-0.39, 0.29) is 0 Å². The lowest BCUT2D eigenvalue weighted by Gasteiger charge is -2.23. The lowest BCUT2D eigenvalue weighted by molar-refractivity contribution is -0.121. The fourth-order valence-electron chi connectivity index (χ4n) is 3.47. The van der Waals surface area contributed by atoms with E-state index < -0.39 is 0 Å². The number of carbonyl (C=O) groups excluding carboxylic acids is 1. The average molecular weight is 208 g/mol. The Morgan fingerprint density at radius 1 is 1.00 bits per heavy atom. The highest BCUT2D eigenvalue weighted by Crippen LogP contribution is 2.39. The van der Waals surface area contributed by atoms with Crippen LogP contribution in [-0.4, -0.2) is 5.78 Å². The molecule has 1 nitrogen and oxygen atoms in total. The summed E-state index contributed by atoms with van der Waals surface area (Å²) in [5.74, 6) is 3.39. The first-order chi connectivity index (χ1) is 7.28. The van der Waals surface area contributed by atoms with E-state index in [0.29, 0.717) is 5.78 Å². The largest absolute Gasteiger partial charge is 0.300 e. The molecule has 0 aromatic rings. The van der Waals surface area contributed by atoms with Gasteiger partial charge in [-0.25, -0.2) is 0 Å². The molecule has 2 atom stereocenters. The van der Waals surface area contributed by atoms with Gasteiger partial charge >= 0.3 is 0 Å². The normalized spacial score (nSPS) is 33.5. The standard InChI is InChI=1S/C14H24O/c1-2-11-3-4-13(9-11)10-12-5-7-14(15)8-6-12/h11-13H,2-10H2,1H3. The molecule has 2 aliphatic carbocycles. The van der Waals surface area contributed by atoms with Crippen LogP contribution in [0.3, 0.4) is 0 Å². The van der Waals surface area contributed by atoms with E-state index in [4.69, 9.17) is 0 Å². The Balaban J connectivity index is 1.71. The van der Waals surface area contributed by atoms with Gasteiger partial charge in [0.1, 0.15) is 5.78 Å². The minimum atomic E-state index is 0.504. The molecule has 0 spiro atoms. The number of carbonyl (C=O) groups is 1. The third-order valence-electron chi connectivity index (χ3n) is 4.56. The monoisotopic (exact) mass is 208 g/mol. The second-order valence-electron chi connectivity index (χ2n) is 5.67. The van der Waals surface area contributed by atoms with Gasteiger partial charge in [0.05, 0.1) is 0 Å². The van der Waals surface area contributed by atoms with E-state index in [1.54, 1.807) is 0 Å². The van der Waals surface area contributed by atoms with Crippen LogP contribution in [0.4, 0.5) is 0 Å². The van der Waals surface area contributed by atoms with Crippen molar-refractivity contribution in [1.29, 1.82) is 0 Å². The zero-order valence-electron chi connectivity index (χ0n) is 10.0. The van der Waals surface area contributed by atoms with Crippen LogP contribution in [0, 0.1) is 17.8 Å². The summed E-state index contributed by atoms with van der Waals surface area (Å²) in [6.07, 6.45) is 11.3. The first-order valence-corrected chi connectivity index (χ1v) is 6.79. The average Bonchev–Trinajstić information content (AvgIpc) is 2.69. The molecule has 0 amide bonds. The van der Waals surface area contributed by atoms with E-state index in [2.05, 4.69) is 6.92 Å². The molecule has 0 aliphatic heterocycles. The predicted molar refractivity (Wildman–Crippen MR) is 62.7 cm³/mol. The van der Waals surface area contributed by atoms with E-state index in [1.165, 1.54) is 44.9 Å². The van der Waals surface area contributed by atoms with Crippen LogP contribution in [-0.2, 0) is 4.79 Å². The van der Waals surface area contributed by atoms with Crippen LogP contribution in [0.25, 0.3) is 0 Å². The molecule has 2 rings (SSSR count). The zero-order valence-corrected chi connectivity index (χ0v) is 10.0. The molecule has 2 saturated carbocycles. The summed E-state index contributed by atoms with van der Waals surface area (Å²) in [5, 5.41) is 0. The first-order valence-electron chi connectivity index (χ1n) is 6.79. The second kappa shape index (κ2) is 5.14. The van der Waals surface area contributed by atoms with Crippen molar-refractivity contribution in [3.05, 3.63) is 0 Å². The number of Topliss-reactive ketones (excluding diaryl/α,β-unsaturated/α-hetero) is 1. The van der Waals surface area contributed by atoms with Crippen molar-refractivity contribution in [3.8, 4) is 0 Å². The highest BCUT2D eigenvalue weighted by atomic mass is 16.1. The quantitative estimate of drug-likeness (QED) is 0.686. The van der Waals surface area contributed by atoms with E-state index in [1.807, 2.05) is 0 Å². The molecule has 0 radical (unpaired) electrons. The van der Waals surface area contributed by atoms with Gasteiger partial charge in [-0.15, -0.1) is 0 Å². The van der Waals surface area contributed by atoms with E-state index in [9.17, 15) is 4.79 Å². The maximum Gasteiger partial charge on any atom is 0.132 e. The topological polar surface area (TPSA) is 17.1 Å². The van der Waals surface area contributed by atoms with Crippen LogP contribution >= 0.6 is 0 Å². The van der Waals surface area contributed by atoms with Gasteiger partial charge < -0.3 is 0 Å². The first kappa shape index (κ1) is 11.2. The molecule has 0 bridgehead atoms. The Morgan fingerprint density at radius 3 is 2.27 bits per heavy atom. The van der Waals surface area contributed by atoms with Crippen LogP contribution in [0.5, 0.6) is 0 Å². The fourth-order valence-corrected chi connectivity index (χ4v) is 3.47. The molecule has 0 heterocycles. The molecule has 1 heteroatoms. The maximum absolute atomic E-state index is 11.1. The van der Waals surface area contributed by atoms with Crippen molar-refractivity contribution in [2.24, 2.45) is 17.8 Å². The van der Waals surface area contributed by atoms with Crippen molar-refractivity contribution >= 4 is 5.78 Å². The molecule has 0 N–H and O–H groups in total. The highest BCUT2D eigenvalue weighted by molar-refractivity contribution is 5.78. The summed E-state index contributed by atoms with van der Waals surface area (Å²) in [4.78, 5) is 11.1. The predicted octanol–water partition coefficient (Wildman–Crippen LogP) is 3.96. The van der Waals surface area contributed by atoms with Crippen molar-refractivity contribution in [1.82, 2.24) is 0 Å². The summed E-state index contributed by atoms with van der Waals surface area (Å²) in [7, 11) is 0. The van der Waals surface area contributed by atoms with Gasteiger partial charge in [0.15, 0.2) is 0 Å². The van der Waals surface area contributed by atoms with E-state index >= 15 is 0 Å². The van der Waals surface area contributed by atoms with Crippen molar-refractivity contribution in [2.75, 3.05) is 0 Å². The maximum atomic E-state index is 11.1. The molecule has 2 unspecified atom stereocenters. The Labute approximate surface area is 93.6 Å². The highest BCUT2D eigenvalue weighted by Gasteiger charge is 2.27. The van der Waals surface area contributed by atoms with Gasteiger partial charge in [0, 0.05) is 12.8 Å². The molecule has 15 heavy (non-hydrogen) atoms. The molecular weight excluding hydrogens is 184 g/mol. The second-order valence-corrected chi connectivity index (χ2v) is 5.67. The number of hydrogen-bond acceptors (Lipinski definition) is 1. The number of rotatable bonds is 3. The van der Waals surface area contributed by atoms with Crippen molar-refractivity contribution in [3.63, 3.8) is 0 Å². The molecule has 0 aromatic carbocycles. The van der Waals surface area contributed by atoms with Gasteiger partial charge in [-0.2, -0.15) is 0 Å². The van der Waals surface area contributed by atoms with Gasteiger partial charge in [-0.1, -0.05) is 26.2 Å². The Bertz CT molecular complexity index is 211. The minimum Gasteiger partial charge on any atom is -0.300 e. The Hall–Kier alpha value is -0.330. The SMILES string of the molecule is CCC1CCC(CC2CCC(=O)CC2)C1. The lowest BCUT2D eigenvalue weighted by Crippen LogP contribution is -2.16. The molecule has 0 saturated heterocycles. The summed E-state index contributed by atoms with van der Waals surface area (Å²) in [5.41, 5.74) is 0. The zero-order chi connectivity index (χ0) is 10.7. The number of hydrogen-bond donors (Lipinski definition) is 0. The van der Waals surface area contributed by atoms with Crippen LogP contribution < -0.4 is 0 Å². The van der Waals surface area contributed by atoms with Crippen molar-refractivity contribution in [2.45, 2.75) is 64.7 Å². The van der Waals surface area contributed by atoms with Crippen molar-refractivity contribution < 1.29 is 4.79 Å². The summed E-state index contributed by atoms with van der Waals surface area (Å²) in [6, 6.07) is 0. The third kappa shape index (κ3) is 3.06. The molecular formula is C14H24O. The van der Waals surface area contributed by atoms with Gasteiger partial charge in [-0.3, -0.25) is 4.79 Å². The Morgan fingerprint density at radius 2 is 1.67 bits per heavy atom. The van der Waals surface area contributed by atoms with Crippen LogP contribution in [0.15, 0.2) is 0 Å². The van der Waals surface area contributed by atoms with Gasteiger partial charge in [0.25, 0.3) is 0 Å². The summed E-state index contributed by atoms with van der Waals surface area (Å²) >= 11 is 0. The molecule has 86 valence electrons. The van der Waals surface area contributed by atoms with Crippen LogP contribution in [0.1, 0.15) is 64.7 Å². The lowest BCUT2D eigenvalue weighted by atomic mass is 9.81. The van der Waals surface area contributed by atoms with Gasteiger partial charge in [0.2, 0.25) is 0 Å². The summed E-state index contributed by atoms with van der Waals surface area (Å²) < 4.78 is 0. The Kier molecular flexibility index (Phi) is 3.82. The molecule has 2 aliphatic rings.